The molecule has 2 saturated carbocycles. The van der Waals surface area contributed by atoms with Gasteiger partial charge in [-0.15, -0.1) is 10.2 Å². The van der Waals surface area contributed by atoms with Gasteiger partial charge in [0.15, 0.2) is 0 Å². The number of halogens is 1. The van der Waals surface area contributed by atoms with Gasteiger partial charge in [0, 0.05) is 18.6 Å². The number of carbonyl (C=O) groups excluding carboxylic acids is 1. The number of benzene rings is 1. The quantitative estimate of drug-likeness (QED) is 0.756. The van der Waals surface area contributed by atoms with Crippen LogP contribution in [0.3, 0.4) is 0 Å². The minimum atomic E-state index is -0.281. The van der Waals surface area contributed by atoms with Crippen molar-refractivity contribution < 1.29 is 9.18 Å². The molecule has 2 aliphatic carbocycles. The second-order valence-electron chi connectivity index (χ2n) is 8.13. The molecule has 2 aliphatic rings. The fourth-order valence-electron chi connectivity index (χ4n) is 3.96. The van der Waals surface area contributed by atoms with Crippen LogP contribution >= 0.6 is 11.3 Å². The van der Waals surface area contributed by atoms with Gasteiger partial charge in [-0.2, -0.15) is 0 Å². The largest absolute Gasteiger partial charge is 0.346 e. The lowest BCUT2D eigenvalue weighted by molar-refractivity contribution is 0.0950. The Morgan fingerprint density at radius 1 is 1.11 bits per heavy atom. The highest BCUT2D eigenvalue weighted by Gasteiger charge is 2.36. The van der Waals surface area contributed by atoms with Crippen molar-refractivity contribution in [3.05, 3.63) is 45.7 Å². The lowest BCUT2D eigenvalue weighted by Crippen LogP contribution is -2.39. The maximum atomic E-state index is 13.0. The van der Waals surface area contributed by atoms with Crippen molar-refractivity contribution in [2.75, 3.05) is 0 Å². The molecule has 1 heterocycles. The Labute approximate surface area is 169 Å². The number of hydrogen-bond acceptors (Lipinski definition) is 5. The van der Waals surface area contributed by atoms with Gasteiger partial charge in [-0.05, 0) is 62.1 Å². The molecule has 5 nitrogen and oxygen atoms in total. The minimum absolute atomic E-state index is 0.225. The zero-order valence-corrected chi connectivity index (χ0v) is 17.1. The fourth-order valence-corrected chi connectivity index (χ4v) is 4.73. The van der Waals surface area contributed by atoms with E-state index in [1.54, 1.807) is 12.1 Å². The van der Waals surface area contributed by atoms with E-state index in [0.717, 1.165) is 23.0 Å². The number of nitrogens with zero attached hydrogens (tertiary/aromatic N) is 3. The van der Waals surface area contributed by atoms with E-state index >= 15 is 0 Å². The van der Waals surface area contributed by atoms with E-state index in [1.165, 1.54) is 62.0 Å². The topological polar surface area (TPSA) is 58.1 Å². The average Bonchev–Trinajstić information content (AvgIpc) is 3.44. The van der Waals surface area contributed by atoms with Gasteiger partial charge in [-0.1, -0.05) is 30.4 Å². The Hall–Kier alpha value is -1.86. The van der Waals surface area contributed by atoms with Crippen molar-refractivity contribution in [1.82, 2.24) is 20.4 Å². The van der Waals surface area contributed by atoms with Gasteiger partial charge in [0.2, 0.25) is 5.01 Å². The molecule has 28 heavy (non-hydrogen) atoms. The molecule has 1 aromatic heterocycles. The summed E-state index contributed by atoms with van der Waals surface area (Å²) in [7, 11) is 0. The van der Waals surface area contributed by atoms with Gasteiger partial charge in [0.05, 0.1) is 6.54 Å². The molecule has 0 atom stereocenters. The standard InChI is InChI=1S/C21H27FN4OS/c1-14-2-8-17(9-3-14)26(18-10-11-18)13-19-24-25-21(28-19)20(27)23-12-15-4-6-16(22)7-5-15/h4-7,14,17-18H,2-3,8-13H2,1H3,(H,23,27). The molecule has 4 rings (SSSR count). The highest BCUT2D eigenvalue weighted by Crippen LogP contribution is 2.36. The third-order valence-electron chi connectivity index (χ3n) is 5.82. The lowest BCUT2D eigenvalue weighted by Gasteiger charge is -2.35. The molecule has 0 radical (unpaired) electrons. The van der Waals surface area contributed by atoms with Crippen molar-refractivity contribution >= 4 is 17.2 Å². The number of aromatic nitrogens is 2. The van der Waals surface area contributed by atoms with Crippen LogP contribution < -0.4 is 5.32 Å². The van der Waals surface area contributed by atoms with Crippen LogP contribution in [0.15, 0.2) is 24.3 Å². The van der Waals surface area contributed by atoms with E-state index in [0.29, 0.717) is 23.6 Å². The Bertz CT molecular complexity index is 797. The number of hydrogen-bond donors (Lipinski definition) is 1. The molecule has 1 aromatic carbocycles. The smallest absolute Gasteiger partial charge is 0.282 e. The van der Waals surface area contributed by atoms with Crippen LogP contribution in [0.1, 0.15) is 65.8 Å². The molecule has 7 heteroatoms. The first-order valence-electron chi connectivity index (χ1n) is 10.2. The number of carbonyl (C=O) groups is 1. The molecular weight excluding hydrogens is 375 g/mol. The molecule has 1 amide bonds. The predicted octanol–water partition coefficient (Wildman–Crippen LogP) is 4.15. The molecule has 0 saturated heterocycles. The van der Waals surface area contributed by atoms with E-state index in [-0.39, 0.29) is 11.7 Å². The first-order valence-corrected chi connectivity index (χ1v) is 11.0. The zero-order valence-electron chi connectivity index (χ0n) is 16.2. The fraction of sp³-hybridized carbons (Fsp3) is 0.571. The lowest BCUT2D eigenvalue weighted by atomic mass is 9.86. The highest BCUT2D eigenvalue weighted by atomic mass is 32.1. The number of nitrogens with one attached hydrogen (secondary N) is 1. The van der Waals surface area contributed by atoms with Gasteiger partial charge >= 0.3 is 0 Å². The van der Waals surface area contributed by atoms with Crippen molar-refractivity contribution in [2.24, 2.45) is 5.92 Å². The number of amides is 1. The Morgan fingerprint density at radius 3 is 2.39 bits per heavy atom. The Kier molecular flexibility index (Phi) is 6.01. The maximum absolute atomic E-state index is 13.0. The molecule has 1 N–H and O–H groups in total. The summed E-state index contributed by atoms with van der Waals surface area (Å²) in [5.74, 6) is 0.337. The monoisotopic (exact) mass is 402 g/mol. The second-order valence-corrected chi connectivity index (χ2v) is 9.19. The van der Waals surface area contributed by atoms with E-state index in [1.807, 2.05) is 0 Å². The third kappa shape index (κ3) is 4.94. The first-order chi connectivity index (χ1) is 13.6. The molecule has 2 fully saturated rings. The summed E-state index contributed by atoms with van der Waals surface area (Å²) >= 11 is 1.38. The Balaban J connectivity index is 1.33. The predicted molar refractivity (Wildman–Crippen MR) is 107 cm³/mol. The normalized spacial score (nSPS) is 22.4. The summed E-state index contributed by atoms with van der Waals surface area (Å²) in [5.41, 5.74) is 0.853. The van der Waals surface area contributed by atoms with Crippen molar-refractivity contribution in [2.45, 2.75) is 70.6 Å². The maximum Gasteiger partial charge on any atom is 0.282 e. The van der Waals surface area contributed by atoms with E-state index in [9.17, 15) is 9.18 Å². The van der Waals surface area contributed by atoms with Crippen LogP contribution in [0.25, 0.3) is 0 Å². The van der Waals surface area contributed by atoms with E-state index in [2.05, 4.69) is 27.3 Å². The SMILES string of the molecule is CC1CCC(N(Cc2nnc(C(=O)NCc3ccc(F)cc3)s2)C2CC2)CC1. The molecular formula is C21H27FN4OS. The van der Waals surface area contributed by atoms with Gasteiger partial charge < -0.3 is 5.32 Å². The van der Waals surface area contributed by atoms with Crippen LogP contribution in [0.4, 0.5) is 4.39 Å². The van der Waals surface area contributed by atoms with Gasteiger partial charge in [-0.3, -0.25) is 9.69 Å². The molecule has 150 valence electrons. The minimum Gasteiger partial charge on any atom is -0.346 e. The summed E-state index contributed by atoms with van der Waals surface area (Å²) in [6.45, 7) is 3.49. The molecule has 2 aromatic rings. The molecule has 0 spiro atoms. The van der Waals surface area contributed by atoms with Crippen molar-refractivity contribution in [1.29, 1.82) is 0 Å². The molecule has 0 bridgehead atoms. The summed E-state index contributed by atoms with van der Waals surface area (Å²) in [4.78, 5) is 15.0. The molecule has 0 aliphatic heterocycles. The zero-order chi connectivity index (χ0) is 19.5. The average molecular weight is 403 g/mol. The second kappa shape index (κ2) is 8.66. The summed E-state index contributed by atoms with van der Waals surface area (Å²) in [6.07, 6.45) is 7.69. The van der Waals surface area contributed by atoms with Gasteiger partial charge in [0.25, 0.3) is 5.91 Å². The Morgan fingerprint density at radius 2 is 1.75 bits per heavy atom. The van der Waals surface area contributed by atoms with Crippen molar-refractivity contribution in [3.8, 4) is 0 Å². The van der Waals surface area contributed by atoms with Crippen LogP contribution in [0, 0.1) is 11.7 Å². The van der Waals surface area contributed by atoms with Crippen LogP contribution in [-0.2, 0) is 13.1 Å². The number of rotatable bonds is 7. The van der Waals surface area contributed by atoms with E-state index in [4.69, 9.17) is 0 Å². The molecule has 0 unspecified atom stereocenters. The van der Waals surface area contributed by atoms with Crippen LogP contribution in [0.2, 0.25) is 0 Å². The van der Waals surface area contributed by atoms with Crippen LogP contribution in [-0.4, -0.2) is 33.1 Å². The van der Waals surface area contributed by atoms with Gasteiger partial charge in [-0.25, -0.2) is 4.39 Å². The van der Waals surface area contributed by atoms with E-state index < -0.39 is 0 Å². The third-order valence-corrected chi connectivity index (χ3v) is 6.72. The van der Waals surface area contributed by atoms with Crippen molar-refractivity contribution in [3.63, 3.8) is 0 Å². The summed E-state index contributed by atoms with van der Waals surface area (Å²) < 4.78 is 13.0. The van der Waals surface area contributed by atoms with Gasteiger partial charge in [0.1, 0.15) is 10.8 Å². The summed E-state index contributed by atoms with van der Waals surface area (Å²) in [5, 5.41) is 12.5. The first kappa shape index (κ1) is 19.5. The highest BCUT2D eigenvalue weighted by molar-refractivity contribution is 7.13. The van der Waals surface area contributed by atoms with Crippen LogP contribution in [0.5, 0.6) is 0 Å². The summed E-state index contributed by atoms with van der Waals surface area (Å²) in [6, 6.07) is 7.44.